The average Bonchev–Trinajstić information content (AvgIpc) is 2.81. The summed E-state index contributed by atoms with van der Waals surface area (Å²) < 4.78 is 12.9. The number of hydrogen-bond donors (Lipinski definition) is 2. The van der Waals surface area contributed by atoms with Crippen LogP contribution in [-0.4, -0.2) is 17.6 Å². The number of aliphatic carboxylic acids is 1. The van der Waals surface area contributed by atoms with E-state index in [0.29, 0.717) is 24.7 Å². The van der Waals surface area contributed by atoms with Crippen molar-refractivity contribution in [3.05, 3.63) is 101 Å². The Hall–Kier alpha value is -3.51. The molecule has 0 aliphatic carbocycles. The summed E-state index contributed by atoms with van der Waals surface area (Å²) in [7, 11) is 0. The number of ether oxygens (including phenoxy) is 2. The Balaban J connectivity index is 1.62. The second kappa shape index (κ2) is 10.2. The molecule has 2 N–H and O–H groups in total. The van der Waals surface area contributed by atoms with E-state index >= 15 is 0 Å². The quantitative estimate of drug-likeness (QED) is 0.289. The maximum absolute atomic E-state index is 11.1. The summed E-state index contributed by atoms with van der Waals surface area (Å²) in [6.07, 6.45) is 0. The first-order valence-corrected chi connectivity index (χ1v) is 10.9. The lowest BCUT2D eigenvalue weighted by Crippen LogP contribution is -2.13. The van der Waals surface area contributed by atoms with Gasteiger partial charge in [-0.2, -0.15) is 0 Å². The van der Waals surface area contributed by atoms with Crippen LogP contribution in [0.15, 0.2) is 89.4 Å². The molecular formula is C26H22BrNO4. The maximum Gasteiger partial charge on any atom is 0.322 e. The van der Waals surface area contributed by atoms with E-state index in [2.05, 4.69) is 21.2 Å². The van der Waals surface area contributed by atoms with E-state index < -0.39 is 5.97 Å². The van der Waals surface area contributed by atoms with Crippen molar-refractivity contribution in [3.63, 3.8) is 0 Å². The molecule has 6 heteroatoms. The molecule has 4 rings (SSSR count). The van der Waals surface area contributed by atoms with Gasteiger partial charge in [-0.3, -0.25) is 4.79 Å². The zero-order chi connectivity index (χ0) is 22.3. The van der Waals surface area contributed by atoms with Crippen LogP contribution in [0.4, 0.5) is 5.69 Å². The second-order valence-corrected chi connectivity index (χ2v) is 8.13. The van der Waals surface area contributed by atoms with Gasteiger partial charge in [-0.1, -0.05) is 60.7 Å². The lowest BCUT2D eigenvalue weighted by atomic mass is 10.1. The molecule has 0 spiro atoms. The molecule has 0 bridgehead atoms. The molecule has 32 heavy (non-hydrogen) atoms. The number of fused-ring (bicyclic) bond motifs is 1. The third kappa shape index (κ3) is 5.59. The van der Waals surface area contributed by atoms with Gasteiger partial charge in [0.2, 0.25) is 0 Å². The van der Waals surface area contributed by atoms with Gasteiger partial charge < -0.3 is 19.9 Å². The Morgan fingerprint density at radius 1 is 0.781 bits per heavy atom. The van der Waals surface area contributed by atoms with Gasteiger partial charge in [-0.25, -0.2) is 0 Å². The molecule has 0 aliphatic heterocycles. The van der Waals surface area contributed by atoms with E-state index in [1.54, 1.807) is 0 Å². The van der Waals surface area contributed by atoms with Gasteiger partial charge in [-0.15, -0.1) is 0 Å². The normalized spacial score (nSPS) is 10.7. The fourth-order valence-corrected chi connectivity index (χ4v) is 3.77. The number of hydrogen-bond acceptors (Lipinski definition) is 4. The Labute approximate surface area is 194 Å². The minimum atomic E-state index is -0.940. The van der Waals surface area contributed by atoms with E-state index in [4.69, 9.17) is 14.6 Å². The third-order valence-electron chi connectivity index (χ3n) is 4.89. The van der Waals surface area contributed by atoms with Gasteiger partial charge in [0.15, 0.2) is 0 Å². The Morgan fingerprint density at radius 2 is 1.31 bits per heavy atom. The highest BCUT2D eigenvalue weighted by molar-refractivity contribution is 9.10. The first kappa shape index (κ1) is 21.7. The van der Waals surface area contributed by atoms with Crippen LogP contribution in [0.1, 0.15) is 11.1 Å². The highest BCUT2D eigenvalue weighted by Gasteiger charge is 2.12. The van der Waals surface area contributed by atoms with Crippen molar-refractivity contribution in [1.82, 2.24) is 0 Å². The van der Waals surface area contributed by atoms with E-state index in [1.807, 2.05) is 84.9 Å². The molecule has 162 valence electrons. The summed E-state index contributed by atoms with van der Waals surface area (Å²) >= 11 is 3.59. The number of rotatable bonds is 9. The Bertz CT molecular complexity index is 1210. The van der Waals surface area contributed by atoms with Gasteiger partial charge in [-0.05, 0) is 62.1 Å². The number of halogens is 1. The van der Waals surface area contributed by atoms with Gasteiger partial charge in [0, 0.05) is 0 Å². The fraction of sp³-hybridized carbons (Fsp3) is 0.115. The Kier molecular flexibility index (Phi) is 6.92. The van der Waals surface area contributed by atoms with Crippen molar-refractivity contribution < 1.29 is 19.4 Å². The van der Waals surface area contributed by atoms with Crippen LogP contribution >= 0.6 is 15.9 Å². The zero-order valence-corrected chi connectivity index (χ0v) is 18.8. The third-order valence-corrected chi connectivity index (χ3v) is 5.51. The molecule has 0 fully saturated rings. The lowest BCUT2D eigenvalue weighted by molar-refractivity contribution is -0.134. The van der Waals surface area contributed by atoms with Gasteiger partial charge >= 0.3 is 5.97 Å². The molecular weight excluding hydrogens is 470 g/mol. The summed E-state index contributed by atoms with van der Waals surface area (Å²) in [4.78, 5) is 11.1. The van der Waals surface area contributed by atoms with Crippen LogP contribution < -0.4 is 14.8 Å². The van der Waals surface area contributed by atoms with Crippen molar-refractivity contribution >= 4 is 38.4 Å². The van der Waals surface area contributed by atoms with E-state index in [-0.39, 0.29) is 6.54 Å². The maximum atomic E-state index is 11.1. The van der Waals surface area contributed by atoms with E-state index in [1.165, 1.54) is 0 Å². The minimum absolute atomic E-state index is 0.202. The topological polar surface area (TPSA) is 67.8 Å². The number of carboxylic acids is 1. The van der Waals surface area contributed by atoms with Crippen molar-refractivity contribution in [2.75, 3.05) is 11.9 Å². The molecule has 0 amide bonds. The summed E-state index contributed by atoms with van der Waals surface area (Å²) in [6, 6.07) is 27.5. The molecule has 4 aromatic carbocycles. The molecule has 0 aromatic heterocycles. The van der Waals surface area contributed by atoms with Gasteiger partial charge in [0.1, 0.15) is 31.3 Å². The first-order chi connectivity index (χ1) is 15.6. The van der Waals surface area contributed by atoms with Crippen LogP contribution in [0, 0.1) is 0 Å². The van der Waals surface area contributed by atoms with E-state index in [9.17, 15) is 4.79 Å². The zero-order valence-electron chi connectivity index (χ0n) is 17.3. The van der Waals surface area contributed by atoms with Crippen LogP contribution in [0.25, 0.3) is 10.8 Å². The average molecular weight is 492 g/mol. The molecule has 0 radical (unpaired) electrons. The summed E-state index contributed by atoms with van der Waals surface area (Å²) in [5.74, 6) is 0.366. The summed E-state index contributed by atoms with van der Waals surface area (Å²) in [5, 5.41) is 13.9. The van der Waals surface area contributed by atoms with Gasteiger partial charge in [0.05, 0.1) is 10.2 Å². The largest absolute Gasteiger partial charge is 0.488 e. The number of benzene rings is 4. The fourth-order valence-electron chi connectivity index (χ4n) is 3.29. The van der Waals surface area contributed by atoms with Crippen molar-refractivity contribution in [2.45, 2.75) is 13.2 Å². The van der Waals surface area contributed by atoms with Crippen molar-refractivity contribution in [2.24, 2.45) is 0 Å². The lowest BCUT2D eigenvalue weighted by Gasteiger charge is -2.16. The number of carboxylic acid groups (broad SMARTS) is 1. The predicted molar refractivity (Wildman–Crippen MR) is 129 cm³/mol. The molecule has 0 saturated heterocycles. The van der Waals surface area contributed by atoms with Gasteiger partial charge in [0.25, 0.3) is 0 Å². The molecule has 0 heterocycles. The molecule has 0 saturated carbocycles. The molecule has 0 aliphatic rings. The summed E-state index contributed by atoms with van der Waals surface area (Å²) in [5.41, 5.74) is 2.74. The van der Waals surface area contributed by atoms with Crippen LogP contribution in [-0.2, 0) is 18.0 Å². The van der Waals surface area contributed by atoms with Crippen molar-refractivity contribution in [3.8, 4) is 11.5 Å². The second-order valence-electron chi connectivity index (χ2n) is 7.27. The predicted octanol–water partition coefficient (Wildman–Crippen LogP) is 6.26. The summed E-state index contributed by atoms with van der Waals surface area (Å²) in [6.45, 7) is 0.634. The highest BCUT2D eigenvalue weighted by Crippen LogP contribution is 2.37. The molecule has 0 unspecified atom stereocenters. The highest BCUT2D eigenvalue weighted by atomic mass is 79.9. The molecule has 0 atom stereocenters. The number of nitrogens with one attached hydrogen (secondary N) is 1. The number of carbonyl (C=O) groups is 1. The van der Waals surface area contributed by atoms with Crippen LogP contribution in [0.5, 0.6) is 11.5 Å². The van der Waals surface area contributed by atoms with E-state index in [0.717, 1.165) is 32.1 Å². The molecule has 5 nitrogen and oxygen atoms in total. The monoisotopic (exact) mass is 491 g/mol. The standard InChI is InChI=1S/C26H22BrNO4/c27-22-11-20-12-23(28-15-26(29)30)25(32-17-19-9-5-2-6-10-19)14-21(20)13-24(22)31-16-18-7-3-1-4-8-18/h1-14,28H,15-17H2,(H,29,30). The SMILES string of the molecule is O=C(O)CNc1cc2cc(Br)c(OCc3ccccc3)cc2cc1OCc1ccccc1. The molecule has 4 aromatic rings. The van der Waals surface area contributed by atoms with Crippen LogP contribution in [0.3, 0.4) is 0 Å². The van der Waals surface area contributed by atoms with Crippen LogP contribution in [0.2, 0.25) is 0 Å². The smallest absolute Gasteiger partial charge is 0.322 e. The first-order valence-electron chi connectivity index (χ1n) is 10.1. The minimum Gasteiger partial charge on any atom is -0.488 e. The number of anilines is 1. The van der Waals surface area contributed by atoms with Crippen molar-refractivity contribution in [1.29, 1.82) is 0 Å². The Morgan fingerprint density at radius 3 is 1.91 bits per heavy atom.